The average Bonchev–Trinajstić information content (AvgIpc) is 3.27. The molecule has 0 unspecified atom stereocenters. The van der Waals surface area contributed by atoms with E-state index < -0.39 is 11.0 Å². The van der Waals surface area contributed by atoms with E-state index in [4.69, 9.17) is 4.98 Å². The number of benzene rings is 1. The second kappa shape index (κ2) is 7.66. The SMILES string of the molecule is CCn1c(-c2cnc(C)nc2)nc2c(-c3ccc4c(c3)[C@@](C)(CC(C)(C)O)C(=O)N4)ncnc21. The largest absolute Gasteiger partial charge is 0.390 e. The maximum Gasteiger partial charge on any atom is 0.234 e. The molecular weight excluding hydrogens is 430 g/mol. The van der Waals surface area contributed by atoms with Crippen LogP contribution in [-0.4, -0.2) is 46.1 Å². The summed E-state index contributed by atoms with van der Waals surface area (Å²) in [5.74, 6) is 1.30. The zero-order chi connectivity index (χ0) is 24.3. The highest BCUT2D eigenvalue weighted by Crippen LogP contribution is 2.44. The number of imidazole rings is 1. The quantitative estimate of drug-likeness (QED) is 0.469. The Hall–Kier alpha value is -3.72. The highest BCUT2D eigenvalue weighted by Gasteiger charge is 2.45. The van der Waals surface area contributed by atoms with Gasteiger partial charge in [-0.1, -0.05) is 6.07 Å². The van der Waals surface area contributed by atoms with Gasteiger partial charge in [-0.05, 0) is 58.7 Å². The maximum atomic E-state index is 12.9. The zero-order valence-corrected chi connectivity index (χ0v) is 19.9. The number of hydrogen-bond acceptors (Lipinski definition) is 7. The first-order valence-electron chi connectivity index (χ1n) is 11.3. The van der Waals surface area contributed by atoms with Gasteiger partial charge < -0.3 is 15.0 Å². The molecule has 2 N–H and O–H groups in total. The molecule has 1 amide bonds. The van der Waals surface area contributed by atoms with Crippen molar-refractivity contribution in [3.63, 3.8) is 0 Å². The first-order valence-corrected chi connectivity index (χ1v) is 11.3. The molecule has 0 spiro atoms. The first-order chi connectivity index (χ1) is 16.1. The molecule has 1 aliphatic heterocycles. The van der Waals surface area contributed by atoms with Crippen LogP contribution in [0.4, 0.5) is 5.69 Å². The molecule has 0 radical (unpaired) electrons. The molecule has 34 heavy (non-hydrogen) atoms. The second-order valence-corrected chi connectivity index (χ2v) is 9.63. The zero-order valence-electron chi connectivity index (χ0n) is 19.9. The number of aromatic nitrogens is 6. The van der Waals surface area contributed by atoms with Gasteiger partial charge in [-0.3, -0.25) is 4.79 Å². The van der Waals surface area contributed by atoms with Crippen molar-refractivity contribution in [1.82, 2.24) is 29.5 Å². The van der Waals surface area contributed by atoms with E-state index in [-0.39, 0.29) is 5.91 Å². The van der Waals surface area contributed by atoms with E-state index >= 15 is 0 Å². The summed E-state index contributed by atoms with van der Waals surface area (Å²) in [6, 6.07) is 5.79. The molecule has 9 heteroatoms. The third kappa shape index (κ3) is 3.52. The summed E-state index contributed by atoms with van der Waals surface area (Å²) in [5.41, 5.74) is 3.43. The summed E-state index contributed by atoms with van der Waals surface area (Å²) < 4.78 is 2.02. The van der Waals surface area contributed by atoms with Crippen LogP contribution in [0.1, 0.15) is 45.5 Å². The van der Waals surface area contributed by atoms with E-state index in [0.29, 0.717) is 30.0 Å². The summed E-state index contributed by atoms with van der Waals surface area (Å²) in [4.78, 5) is 35.5. The highest BCUT2D eigenvalue weighted by atomic mass is 16.3. The van der Waals surface area contributed by atoms with Crippen LogP contribution in [0.3, 0.4) is 0 Å². The Kier molecular flexibility index (Phi) is 4.98. The predicted molar refractivity (Wildman–Crippen MR) is 129 cm³/mol. The number of nitrogens with zero attached hydrogens (tertiary/aromatic N) is 6. The fourth-order valence-electron chi connectivity index (χ4n) is 4.86. The third-order valence-corrected chi connectivity index (χ3v) is 6.31. The van der Waals surface area contributed by atoms with Crippen molar-refractivity contribution in [2.24, 2.45) is 0 Å². The smallest absolute Gasteiger partial charge is 0.234 e. The third-order valence-electron chi connectivity index (χ3n) is 6.31. The summed E-state index contributed by atoms with van der Waals surface area (Å²) in [6.07, 6.45) is 5.35. The average molecular weight is 458 g/mol. The lowest BCUT2D eigenvalue weighted by Gasteiger charge is -2.29. The molecule has 1 aliphatic rings. The molecule has 4 aromatic rings. The van der Waals surface area contributed by atoms with Gasteiger partial charge in [-0.15, -0.1) is 0 Å². The summed E-state index contributed by atoms with van der Waals surface area (Å²) in [7, 11) is 0. The van der Waals surface area contributed by atoms with Gasteiger partial charge in [0.2, 0.25) is 5.91 Å². The monoisotopic (exact) mass is 457 g/mol. The van der Waals surface area contributed by atoms with Gasteiger partial charge in [-0.2, -0.15) is 0 Å². The molecule has 0 saturated carbocycles. The summed E-state index contributed by atoms with van der Waals surface area (Å²) in [6.45, 7) is 9.85. The van der Waals surface area contributed by atoms with E-state index in [2.05, 4.69) is 25.3 Å². The van der Waals surface area contributed by atoms with Crippen molar-refractivity contribution in [3.8, 4) is 22.6 Å². The van der Waals surface area contributed by atoms with Crippen LogP contribution < -0.4 is 5.32 Å². The molecule has 9 nitrogen and oxygen atoms in total. The number of nitrogens with one attached hydrogen (secondary N) is 1. The Morgan fingerprint density at radius 2 is 1.85 bits per heavy atom. The van der Waals surface area contributed by atoms with Crippen LogP contribution in [0, 0.1) is 6.92 Å². The first kappa shape index (κ1) is 22.1. The van der Waals surface area contributed by atoms with Crippen molar-refractivity contribution in [2.75, 3.05) is 5.32 Å². The number of aryl methyl sites for hydroxylation is 2. The van der Waals surface area contributed by atoms with E-state index in [0.717, 1.165) is 33.8 Å². The standard InChI is InChI=1S/C25H27N7O2/c1-6-32-21(16-10-26-14(2)27-11-16)31-20-19(28-13-29-22(20)32)15-7-8-18-17(9-15)25(5,23(33)30-18)12-24(3,4)34/h7-11,13,34H,6,12H2,1-5H3,(H,30,33)/t25-/m1/s1. The van der Waals surface area contributed by atoms with Crippen molar-refractivity contribution in [2.45, 2.75) is 58.6 Å². The topological polar surface area (TPSA) is 119 Å². The molecule has 5 rings (SSSR count). The fourth-order valence-corrected chi connectivity index (χ4v) is 4.86. The minimum absolute atomic E-state index is 0.119. The lowest BCUT2D eigenvalue weighted by atomic mass is 9.75. The van der Waals surface area contributed by atoms with E-state index in [1.807, 2.05) is 43.5 Å². The molecule has 1 atom stereocenters. The highest BCUT2D eigenvalue weighted by molar-refractivity contribution is 6.06. The molecule has 0 bridgehead atoms. The van der Waals surface area contributed by atoms with Crippen molar-refractivity contribution < 1.29 is 9.90 Å². The lowest BCUT2D eigenvalue weighted by Crippen LogP contribution is -2.38. The number of fused-ring (bicyclic) bond motifs is 2. The number of aliphatic hydroxyl groups is 1. The Morgan fingerprint density at radius 3 is 2.53 bits per heavy atom. The fraction of sp³-hybridized carbons (Fsp3) is 0.360. The normalized spacial score (nSPS) is 17.8. The molecule has 0 saturated heterocycles. The molecule has 3 aromatic heterocycles. The Morgan fingerprint density at radius 1 is 1.12 bits per heavy atom. The minimum atomic E-state index is -1.00. The van der Waals surface area contributed by atoms with Gasteiger partial charge in [0.25, 0.3) is 0 Å². The minimum Gasteiger partial charge on any atom is -0.390 e. The van der Waals surface area contributed by atoms with Crippen LogP contribution in [0.5, 0.6) is 0 Å². The Labute approximate surface area is 197 Å². The molecule has 0 fully saturated rings. The van der Waals surface area contributed by atoms with Crippen LogP contribution in [0.15, 0.2) is 36.9 Å². The van der Waals surface area contributed by atoms with Crippen molar-refractivity contribution >= 4 is 22.8 Å². The van der Waals surface area contributed by atoms with Crippen LogP contribution in [-0.2, 0) is 16.8 Å². The summed E-state index contributed by atoms with van der Waals surface area (Å²) >= 11 is 0. The van der Waals surface area contributed by atoms with Crippen LogP contribution in [0.25, 0.3) is 33.8 Å². The second-order valence-electron chi connectivity index (χ2n) is 9.63. The maximum absolute atomic E-state index is 12.9. The summed E-state index contributed by atoms with van der Waals surface area (Å²) in [5, 5.41) is 13.4. The molecule has 174 valence electrons. The van der Waals surface area contributed by atoms with Crippen LogP contribution in [0.2, 0.25) is 0 Å². The van der Waals surface area contributed by atoms with Gasteiger partial charge >= 0.3 is 0 Å². The van der Waals surface area contributed by atoms with E-state index in [1.54, 1.807) is 26.2 Å². The van der Waals surface area contributed by atoms with Gasteiger partial charge in [0.1, 0.15) is 29.2 Å². The van der Waals surface area contributed by atoms with E-state index in [9.17, 15) is 9.90 Å². The van der Waals surface area contributed by atoms with Gasteiger partial charge in [-0.25, -0.2) is 24.9 Å². The number of hydrogen-bond donors (Lipinski definition) is 2. The number of carbonyl (C=O) groups is 1. The number of rotatable bonds is 5. The van der Waals surface area contributed by atoms with Crippen molar-refractivity contribution in [1.29, 1.82) is 0 Å². The number of anilines is 1. The number of carbonyl (C=O) groups excluding carboxylic acids is 1. The van der Waals surface area contributed by atoms with Gasteiger partial charge in [0.05, 0.1) is 16.6 Å². The predicted octanol–water partition coefficient (Wildman–Crippen LogP) is 3.65. The Balaban J connectivity index is 1.67. The van der Waals surface area contributed by atoms with Crippen molar-refractivity contribution in [3.05, 3.63) is 48.3 Å². The van der Waals surface area contributed by atoms with E-state index in [1.165, 1.54) is 6.33 Å². The molecule has 4 heterocycles. The van der Waals surface area contributed by atoms with Gasteiger partial charge in [0.15, 0.2) is 5.65 Å². The van der Waals surface area contributed by atoms with Gasteiger partial charge in [0, 0.05) is 30.2 Å². The molecule has 0 aliphatic carbocycles. The molecule has 1 aromatic carbocycles. The van der Waals surface area contributed by atoms with Crippen LogP contribution >= 0.6 is 0 Å². The number of amides is 1. The molecular formula is C25H27N7O2. The lowest BCUT2D eigenvalue weighted by molar-refractivity contribution is -0.122. The Bertz CT molecular complexity index is 1420.